The van der Waals surface area contributed by atoms with Crippen molar-refractivity contribution in [3.05, 3.63) is 63.7 Å². The normalized spacial score (nSPS) is 17.9. The highest BCUT2D eigenvalue weighted by atomic mass is 16.6. The Morgan fingerprint density at radius 3 is 2.50 bits per heavy atom. The number of fused-ring (bicyclic) bond motifs is 1. The molecule has 1 spiro atoms. The van der Waals surface area contributed by atoms with Crippen molar-refractivity contribution in [3.63, 3.8) is 0 Å². The van der Waals surface area contributed by atoms with Crippen LogP contribution >= 0.6 is 0 Å². The number of hydrogen-bond donors (Lipinski definition) is 2. The molecule has 0 atom stereocenters. The molecule has 2 aromatic carbocycles. The van der Waals surface area contributed by atoms with Gasteiger partial charge in [0.05, 0.1) is 23.4 Å². The van der Waals surface area contributed by atoms with E-state index in [9.17, 15) is 14.9 Å². The fourth-order valence-electron chi connectivity index (χ4n) is 3.66. The van der Waals surface area contributed by atoms with E-state index in [1.54, 1.807) is 13.2 Å². The maximum atomic E-state index is 13.1. The third kappa shape index (κ3) is 3.11. The standard InChI is InChI=1S/C20H20N4O4/c1-28-15-5-2-13(3-6-15)18-16-12-14(24(26)27)4-7-17(16)22-19(25)20(23-18)8-10-21-11-9-20/h2-7,12,21H,8-11H2,1H3,(H,22,25). The van der Waals surface area contributed by atoms with Gasteiger partial charge >= 0.3 is 0 Å². The number of nitro benzene ring substituents is 1. The first-order valence-electron chi connectivity index (χ1n) is 9.08. The number of nitro groups is 1. The molecule has 28 heavy (non-hydrogen) atoms. The zero-order chi connectivity index (χ0) is 19.7. The Morgan fingerprint density at radius 2 is 1.86 bits per heavy atom. The highest BCUT2D eigenvalue weighted by molar-refractivity contribution is 6.20. The third-order valence-electron chi connectivity index (χ3n) is 5.26. The SMILES string of the molecule is COc1ccc(C2=NC3(CCNCC3)C(=O)Nc3ccc([N+](=O)[O-])cc32)cc1. The van der Waals surface area contributed by atoms with Gasteiger partial charge in [0, 0.05) is 23.3 Å². The number of piperidine rings is 1. The second-order valence-corrected chi connectivity index (χ2v) is 6.91. The van der Waals surface area contributed by atoms with Crippen LogP contribution in [-0.4, -0.2) is 42.3 Å². The number of aliphatic imine (C=N–C) groups is 1. The fraction of sp³-hybridized carbons (Fsp3) is 0.300. The Morgan fingerprint density at radius 1 is 1.14 bits per heavy atom. The number of hydrogen-bond acceptors (Lipinski definition) is 6. The van der Waals surface area contributed by atoms with Crippen LogP contribution in [0.3, 0.4) is 0 Å². The van der Waals surface area contributed by atoms with Crippen LogP contribution in [0.2, 0.25) is 0 Å². The molecule has 144 valence electrons. The number of anilines is 1. The van der Waals surface area contributed by atoms with Crippen LogP contribution in [0.4, 0.5) is 11.4 Å². The Balaban J connectivity index is 1.92. The number of amides is 1. The molecule has 1 saturated heterocycles. The lowest BCUT2D eigenvalue weighted by Gasteiger charge is -2.32. The summed E-state index contributed by atoms with van der Waals surface area (Å²) in [6.45, 7) is 1.37. The zero-order valence-corrected chi connectivity index (χ0v) is 15.4. The van der Waals surface area contributed by atoms with E-state index in [4.69, 9.17) is 9.73 Å². The van der Waals surface area contributed by atoms with Crippen molar-refractivity contribution in [2.45, 2.75) is 18.4 Å². The van der Waals surface area contributed by atoms with Crippen molar-refractivity contribution in [1.29, 1.82) is 0 Å². The molecule has 2 aliphatic rings. The second kappa shape index (κ2) is 7.05. The van der Waals surface area contributed by atoms with Crippen molar-refractivity contribution in [2.75, 3.05) is 25.5 Å². The number of non-ortho nitro benzene ring substituents is 1. The van der Waals surface area contributed by atoms with E-state index in [2.05, 4.69) is 10.6 Å². The van der Waals surface area contributed by atoms with Gasteiger partial charge in [0.1, 0.15) is 11.3 Å². The number of benzene rings is 2. The maximum Gasteiger partial charge on any atom is 0.270 e. The fourth-order valence-corrected chi connectivity index (χ4v) is 3.66. The summed E-state index contributed by atoms with van der Waals surface area (Å²) in [7, 11) is 1.59. The molecule has 0 unspecified atom stereocenters. The van der Waals surface area contributed by atoms with Crippen molar-refractivity contribution in [1.82, 2.24) is 5.32 Å². The smallest absolute Gasteiger partial charge is 0.270 e. The molecule has 8 heteroatoms. The molecule has 2 aromatic rings. The molecule has 8 nitrogen and oxygen atoms in total. The molecule has 0 saturated carbocycles. The number of methoxy groups -OCH3 is 1. The molecule has 0 bridgehead atoms. The predicted octanol–water partition coefficient (Wildman–Crippen LogP) is 2.52. The number of ether oxygens (including phenoxy) is 1. The highest BCUT2D eigenvalue weighted by Crippen LogP contribution is 2.34. The average Bonchev–Trinajstić information content (AvgIpc) is 2.83. The average molecular weight is 380 g/mol. The number of carbonyl (C=O) groups is 1. The van der Waals surface area contributed by atoms with E-state index in [0.717, 1.165) is 5.56 Å². The topological polar surface area (TPSA) is 106 Å². The second-order valence-electron chi connectivity index (χ2n) is 6.91. The van der Waals surface area contributed by atoms with Gasteiger partial charge in [-0.05, 0) is 56.3 Å². The summed E-state index contributed by atoms with van der Waals surface area (Å²) in [6.07, 6.45) is 1.13. The van der Waals surface area contributed by atoms with E-state index >= 15 is 0 Å². The van der Waals surface area contributed by atoms with Gasteiger partial charge in [-0.3, -0.25) is 19.9 Å². The molecule has 0 radical (unpaired) electrons. The van der Waals surface area contributed by atoms with Crippen LogP contribution in [0.15, 0.2) is 47.5 Å². The summed E-state index contributed by atoms with van der Waals surface area (Å²) < 4.78 is 5.22. The summed E-state index contributed by atoms with van der Waals surface area (Å²) in [4.78, 5) is 28.8. The lowest BCUT2D eigenvalue weighted by molar-refractivity contribution is -0.384. The quantitative estimate of drug-likeness (QED) is 0.629. The predicted molar refractivity (Wildman–Crippen MR) is 105 cm³/mol. The van der Waals surface area contributed by atoms with Gasteiger partial charge in [0.15, 0.2) is 0 Å². The van der Waals surface area contributed by atoms with Gasteiger partial charge in [0.2, 0.25) is 0 Å². The van der Waals surface area contributed by atoms with E-state index < -0.39 is 10.5 Å². The van der Waals surface area contributed by atoms with Gasteiger partial charge in [-0.2, -0.15) is 0 Å². The minimum atomic E-state index is -0.895. The third-order valence-corrected chi connectivity index (χ3v) is 5.26. The van der Waals surface area contributed by atoms with Crippen molar-refractivity contribution in [2.24, 2.45) is 4.99 Å². The summed E-state index contributed by atoms with van der Waals surface area (Å²) in [5, 5.41) is 17.5. The molecular weight excluding hydrogens is 360 g/mol. The van der Waals surface area contributed by atoms with Crippen LogP contribution in [0.25, 0.3) is 0 Å². The minimum absolute atomic E-state index is 0.0459. The van der Waals surface area contributed by atoms with Crippen LogP contribution in [0.1, 0.15) is 24.0 Å². The Bertz CT molecular complexity index is 963. The molecule has 4 rings (SSSR count). The van der Waals surface area contributed by atoms with Gasteiger partial charge in [-0.1, -0.05) is 0 Å². The summed E-state index contributed by atoms with van der Waals surface area (Å²) in [6, 6.07) is 11.8. The van der Waals surface area contributed by atoms with Gasteiger partial charge in [-0.15, -0.1) is 0 Å². The Labute approximate surface area is 161 Å². The molecule has 1 fully saturated rings. The largest absolute Gasteiger partial charge is 0.497 e. The first-order chi connectivity index (χ1) is 13.5. The van der Waals surface area contributed by atoms with Gasteiger partial charge in [-0.25, -0.2) is 0 Å². The molecule has 2 heterocycles. The van der Waals surface area contributed by atoms with Crippen molar-refractivity contribution >= 4 is 23.0 Å². The molecule has 2 aliphatic heterocycles. The lowest BCUT2D eigenvalue weighted by Crippen LogP contribution is -2.49. The molecule has 0 aliphatic carbocycles. The number of nitrogens with one attached hydrogen (secondary N) is 2. The number of nitrogens with zero attached hydrogens (tertiary/aromatic N) is 2. The number of carbonyl (C=O) groups excluding carboxylic acids is 1. The molecule has 1 amide bonds. The van der Waals surface area contributed by atoms with E-state index in [-0.39, 0.29) is 11.6 Å². The van der Waals surface area contributed by atoms with Gasteiger partial charge < -0.3 is 15.4 Å². The van der Waals surface area contributed by atoms with Crippen LogP contribution in [0.5, 0.6) is 5.75 Å². The lowest BCUT2D eigenvalue weighted by atomic mass is 9.87. The monoisotopic (exact) mass is 380 g/mol. The number of rotatable bonds is 3. The molecule has 0 aromatic heterocycles. The summed E-state index contributed by atoms with van der Waals surface area (Å²) >= 11 is 0. The van der Waals surface area contributed by atoms with Crippen LogP contribution in [0, 0.1) is 10.1 Å². The minimum Gasteiger partial charge on any atom is -0.497 e. The summed E-state index contributed by atoms with van der Waals surface area (Å²) in [5.41, 5.74) is 1.48. The first kappa shape index (κ1) is 18.1. The molecule has 2 N–H and O–H groups in total. The van der Waals surface area contributed by atoms with E-state index in [0.29, 0.717) is 48.6 Å². The molecular formula is C20H20N4O4. The van der Waals surface area contributed by atoms with E-state index in [1.165, 1.54) is 12.1 Å². The van der Waals surface area contributed by atoms with Gasteiger partial charge in [0.25, 0.3) is 11.6 Å². The van der Waals surface area contributed by atoms with Crippen molar-refractivity contribution < 1.29 is 14.5 Å². The summed E-state index contributed by atoms with van der Waals surface area (Å²) in [5.74, 6) is 0.524. The Kier molecular flexibility index (Phi) is 4.56. The maximum absolute atomic E-state index is 13.1. The van der Waals surface area contributed by atoms with Crippen molar-refractivity contribution in [3.8, 4) is 5.75 Å². The van der Waals surface area contributed by atoms with Crippen LogP contribution in [-0.2, 0) is 4.79 Å². The van der Waals surface area contributed by atoms with E-state index in [1.807, 2.05) is 24.3 Å². The highest BCUT2D eigenvalue weighted by Gasteiger charge is 2.42. The first-order valence-corrected chi connectivity index (χ1v) is 9.08. The zero-order valence-electron chi connectivity index (χ0n) is 15.4. The Hall–Kier alpha value is -3.26. The van der Waals surface area contributed by atoms with Crippen LogP contribution < -0.4 is 15.4 Å².